The molecule has 1 aliphatic heterocycles. The van der Waals surface area contributed by atoms with E-state index in [0.29, 0.717) is 11.3 Å². The minimum atomic E-state index is -0.242. The van der Waals surface area contributed by atoms with E-state index in [-0.39, 0.29) is 17.1 Å². The number of hydrogen-bond acceptors (Lipinski definition) is 5. The first-order chi connectivity index (χ1) is 9.13. The number of methoxy groups -OCH3 is 1. The number of allylic oxidation sites excluding steroid dienone is 1. The SMILES string of the molecule is COc1ccc(C(=O)C(C(C)=O)=C2SC=CS2)cc1. The number of carbonyl (C=O) groups excluding carboxylic acids is 2. The van der Waals surface area contributed by atoms with Crippen molar-refractivity contribution in [2.45, 2.75) is 6.92 Å². The van der Waals surface area contributed by atoms with Gasteiger partial charge < -0.3 is 4.74 Å². The standard InChI is InChI=1S/C14H12O3S2/c1-9(15)12(14-18-7-8-19-14)13(16)10-3-5-11(17-2)6-4-10/h3-8H,1-2H3. The van der Waals surface area contributed by atoms with E-state index in [1.807, 2.05) is 10.8 Å². The van der Waals surface area contributed by atoms with Crippen LogP contribution >= 0.6 is 23.5 Å². The normalized spacial score (nSPS) is 13.5. The predicted molar refractivity (Wildman–Crippen MR) is 79.4 cm³/mol. The average Bonchev–Trinajstić information content (AvgIpc) is 2.92. The van der Waals surface area contributed by atoms with Gasteiger partial charge in [-0.25, -0.2) is 0 Å². The second kappa shape index (κ2) is 6.12. The molecule has 0 saturated carbocycles. The van der Waals surface area contributed by atoms with Crippen molar-refractivity contribution >= 4 is 35.1 Å². The molecule has 0 atom stereocenters. The second-order valence-corrected chi connectivity index (χ2v) is 5.87. The van der Waals surface area contributed by atoms with Gasteiger partial charge in [0.25, 0.3) is 0 Å². The van der Waals surface area contributed by atoms with Crippen LogP contribution in [0.3, 0.4) is 0 Å². The Morgan fingerprint density at radius 3 is 2.11 bits per heavy atom. The Labute approximate surface area is 120 Å². The lowest BCUT2D eigenvalue weighted by atomic mass is 10.0. The summed E-state index contributed by atoms with van der Waals surface area (Å²) in [7, 11) is 1.57. The van der Waals surface area contributed by atoms with E-state index >= 15 is 0 Å². The van der Waals surface area contributed by atoms with Gasteiger partial charge in [-0.05, 0) is 42.0 Å². The fourth-order valence-corrected chi connectivity index (χ4v) is 3.56. The maximum atomic E-state index is 12.4. The van der Waals surface area contributed by atoms with Crippen LogP contribution in [-0.4, -0.2) is 18.7 Å². The summed E-state index contributed by atoms with van der Waals surface area (Å²) in [4.78, 5) is 24.1. The van der Waals surface area contributed by atoms with E-state index in [9.17, 15) is 9.59 Å². The van der Waals surface area contributed by atoms with Crippen LogP contribution in [-0.2, 0) is 4.79 Å². The Morgan fingerprint density at radius 2 is 1.63 bits per heavy atom. The van der Waals surface area contributed by atoms with Crippen molar-refractivity contribution in [2.24, 2.45) is 0 Å². The van der Waals surface area contributed by atoms with E-state index < -0.39 is 0 Å². The number of hydrogen-bond donors (Lipinski definition) is 0. The number of benzene rings is 1. The van der Waals surface area contributed by atoms with Crippen LogP contribution in [0, 0.1) is 0 Å². The Balaban J connectivity index is 2.34. The van der Waals surface area contributed by atoms with E-state index in [0.717, 1.165) is 4.24 Å². The molecule has 0 fully saturated rings. The first-order valence-corrected chi connectivity index (χ1v) is 7.31. The fourth-order valence-electron chi connectivity index (χ4n) is 1.61. The zero-order valence-corrected chi connectivity index (χ0v) is 12.1. The molecule has 0 unspecified atom stereocenters. The minimum absolute atomic E-state index is 0.209. The molecule has 1 aliphatic rings. The van der Waals surface area contributed by atoms with Crippen LogP contribution in [0.1, 0.15) is 17.3 Å². The number of carbonyl (C=O) groups is 2. The van der Waals surface area contributed by atoms with Crippen molar-refractivity contribution in [3.05, 3.63) is 50.5 Å². The monoisotopic (exact) mass is 292 g/mol. The number of ketones is 2. The third-order valence-corrected chi connectivity index (χ3v) is 4.67. The van der Waals surface area contributed by atoms with Crippen molar-refractivity contribution < 1.29 is 14.3 Å². The van der Waals surface area contributed by atoms with Gasteiger partial charge in [0, 0.05) is 5.56 Å². The van der Waals surface area contributed by atoms with Crippen LogP contribution in [0.4, 0.5) is 0 Å². The molecule has 0 aromatic heterocycles. The molecule has 2 rings (SSSR count). The third kappa shape index (κ3) is 3.11. The molecule has 0 N–H and O–H groups in total. The van der Waals surface area contributed by atoms with Crippen molar-refractivity contribution in [2.75, 3.05) is 7.11 Å². The molecular formula is C14H12O3S2. The van der Waals surface area contributed by atoms with Gasteiger partial charge in [-0.1, -0.05) is 23.5 Å². The largest absolute Gasteiger partial charge is 0.497 e. The molecule has 0 aliphatic carbocycles. The predicted octanol–water partition coefficient (Wildman–Crippen LogP) is 3.63. The molecule has 19 heavy (non-hydrogen) atoms. The lowest BCUT2D eigenvalue weighted by molar-refractivity contribution is -0.113. The highest BCUT2D eigenvalue weighted by Crippen LogP contribution is 2.40. The highest BCUT2D eigenvalue weighted by atomic mass is 32.2. The summed E-state index contributed by atoms with van der Waals surface area (Å²) in [6.07, 6.45) is 0. The quantitative estimate of drug-likeness (QED) is 0.367. The van der Waals surface area contributed by atoms with Crippen LogP contribution in [0.2, 0.25) is 0 Å². The maximum absolute atomic E-state index is 12.4. The van der Waals surface area contributed by atoms with Crippen molar-refractivity contribution in [1.29, 1.82) is 0 Å². The number of Topliss-reactive ketones (excluding diaryl/α,β-unsaturated/α-hetero) is 2. The van der Waals surface area contributed by atoms with Gasteiger partial charge in [0.2, 0.25) is 0 Å². The highest BCUT2D eigenvalue weighted by Gasteiger charge is 2.23. The van der Waals surface area contributed by atoms with E-state index in [1.54, 1.807) is 31.4 Å². The molecular weight excluding hydrogens is 280 g/mol. The molecule has 1 aromatic rings. The van der Waals surface area contributed by atoms with Gasteiger partial charge in [-0.2, -0.15) is 0 Å². The summed E-state index contributed by atoms with van der Waals surface area (Å²) in [5.74, 6) is 0.230. The fraction of sp³-hybridized carbons (Fsp3) is 0.143. The van der Waals surface area contributed by atoms with Crippen molar-refractivity contribution in [3.8, 4) is 5.75 Å². The third-order valence-electron chi connectivity index (χ3n) is 2.54. The first-order valence-electron chi connectivity index (χ1n) is 5.55. The number of ether oxygens (including phenoxy) is 1. The molecule has 3 nitrogen and oxygen atoms in total. The van der Waals surface area contributed by atoms with Gasteiger partial charge in [0.15, 0.2) is 11.6 Å². The lowest BCUT2D eigenvalue weighted by Gasteiger charge is -2.07. The Morgan fingerprint density at radius 1 is 1.05 bits per heavy atom. The van der Waals surface area contributed by atoms with Gasteiger partial charge in [0.1, 0.15) is 5.75 Å². The van der Waals surface area contributed by atoms with E-state index in [1.165, 1.54) is 30.4 Å². The zero-order chi connectivity index (χ0) is 13.8. The Bertz CT molecular complexity index is 561. The molecule has 0 saturated heterocycles. The molecule has 0 spiro atoms. The van der Waals surface area contributed by atoms with Gasteiger partial charge >= 0.3 is 0 Å². The van der Waals surface area contributed by atoms with Crippen LogP contribution in [0.25, 0.3) is 0 Å². The average molecular weight is 292 g/mol. The van der Waals surface area contributed by atoms with Gasteiger partial charge in [0.05, 0.1) is 16.9 Å². The second-order valence-electron chi connectivity index (χ2n) is 3.78. The summed E-state index contributed by atoms with van der Waals surface area (Å²) >= 11 is 2.81. The van der Waals surface area contributed by atoms with E-state index in [2.05, 4.69) is 0 Å². The Hall–Kier alpha value is -1.46. The molecule has 0 amide bonds. The highest BCUT2D eigenvalue weighted by molar-refractivity contribution is 8.27. The van der Waals surface area contributed by atoms with E-state index in [4.69, 9.17) is 4.74 Å². The molecule has 0 radical (unpaired) electrons. The number of rotatable bonds is 4. The van der Waals surface area contributed by atoms with Crippen molar-refractivity contribution in [3.63, 3.8) is 0 Å². The Kier molecular flexibility index (Phi) is 4.50. The molecule has 1 heterocycles. The molecule has 1 aromatic carbocycles. The van der Waals surface area contributed by atoms with Crippen LogP contribution < -0.4 is 4.74 Å². The summed E-state index contributed by atoms with van der Waals surface area (Å²) in [5.41, 5.74) is 0.747. The van der Waals surface area contributed by atoms with Crippen molar-refractivity contribution in [1.82, 2.24) is 0 Å². The summed E-state index contributed by atoms with van der Waals surface area (Å²) in [6.45, 7) is 1.42. The summed E-state index contributed by atoms with van der Waals surface area (Å²) in [6, 6.07) is 6.76. The topological polar surface area (TPSA) is 43.4 Å². The minimum Gasteiger partial charge on any atom is -0.497 e. The van der Waals surface area contributed by atoms with Crippen LogP contribution in [0.15, 0.2) is 44.9 Å². The molecule has 98 valence electrons. The lowest BCUT2D eigenvalue weighted by Crippen LogP contribution is -2.11. The maximum Gasteiger partial charge on any atom is 0.198 e. The molecule has 5 heteroatoms. The number of thioether (sulfide) groups is 2. The summed E-state index contributed by atoms with van der Waals surface area (Å²) < 4.78 is 5.79. The van der Waals surface area contributed by atoms with Crippen LogP contribution in [0.5, 0.6) is 5.75 Å². The van der Waals surface area contributed by atoms with Gasteiger partial charge in [-0.3, -0.25) is 9.59 Å². The molecule has 0 bridgehead atoms. The smallest absolute Gasteiger partial charge is 0.198 e. The summed E-state index contributed by atoms with van der Waals surface area (Å²) in [5, 5.41) is 3.73. The van der Waals surface area contributed by atoms with Gasteiger partial charge in [-0.15, -0.1) is 0 Å². The first kappa shape index (κ1) is 14.0. The zero-order valence-electron chi connectivity index (χ0n) is 10.5.